The molecule has 1 amide bonds. The lowest BCUT2D eigenvalue weighted by Gasteiger charge is -2.38. The molecule has 10 heteroatoms. The molecule has 0 radical (unpaired) electrons. The average Bonchev–Trinajstić information content (AvgIpc) is 3.21. The Morgan fingerprint density at radius 2 is 1.96 bits per heavy atom. The molecular formula is C18H25N5O4S. The fraction of sp³-hybridized carbons (Fsp3) is 0.667. The largest absolute Gasteiger partial charge is 0.334 e. The first-order valence-electron chi connectivity index (χ1n) is 9.74. The van der Waals surface area contributed by atoms with E-state index in [1.807, 2.05) is 0 Å². The van der Waals surface area contributed by atoms with E-state index < -0.39 is 9.84 Å². The van der Waals surface area contributed by atoms with Gasteiger partial charge in [0.15, 0.2) is 15.5 Å². The fourth-order valence-electron chi connectivity index (χ4n) is 4.47. The van der Waals surface area contributed by atoms with Crippen LogP contribution in [0, 0.1) is 0 Å². The highest BCUT2D eigenvalue weighted by molar-refractivity contribution is 7.91. The van der Waals surface area contributed by atoms with Gasteiger partial charge in [-0.15, -0.1) is 0 Å². The molecule has 1 aliphatic heterocycles. The summed E-state index contributed by atoms with van der Waals surface area (Å²) < 4.78 is 26.8. The first kappa shape index (κ1) is 19.1. The molecule has 2 aromatic rings. The number of hydrogen-bond donors (Lipinski definition) is 0. The topological polar surface area (TPSA) is 107 Å². The van der Waals surface area contributed by atoms with Gasteiger partial charge in [0.2, 0.25) is 5.91 Å². The van der Waals surface area contributed by atoms with Crippen LogP contribution in [0.25, 0.3) is 11.0 Å². The number of nitrogens with zero attached hydrogens (tertiary/aromatic N) is 5. The third kappa shape index (κ3) is 3.57. The number of aromatic nitrogens is 4. The molecule has 2 fully saturated rings. The van der Waals surface area contributed by atoms with Crippen LogP contribution in [-0.2, 0) is 28.2 Å². The van der Waals surface area contributed by atoms with Crippen molar-refractivity contribution in [1.29, 1.82) is 0 Å². The van der Waals surface area contributed by atoms with Crippen molar-refractivity contribution >= 4 is 26.8 Å². The van der Waals surface area contributed by atoms with Crippen molar-refractivity contribution in [1.82, 2.24) is 24.2 Å². The van der Waals surface area contributed by atoms with Crippen molar-refractivity contribution in [2.45, 2.75) is 57.2 Å². The standard InChI is InChI=1S/C18H25N5O4S/c1-21-17-15(9-20-21)18(25)22(12-19-17)10-16(24)23(13-5-3-2-4-6-13)14-7-8-28(26,27)11-14/h9,12-14H,2-8,10-11H2,1H3. The van der Waals surface area contributed by atoms with Crippen LogP contribution in [0.2, 0.25) is 0 Å². The summed E-state index contributed by atoms with van der Waals surface area (Å²) in [6.45, 7) is -0.135. The highest BCUT2D eigenvalue weighted by Gasteiger charge is 2.38. The number of rotatable bonds is 4. The summed E-state index contributed by atoms with van der Waals surface area (Å²) in [4.78, 5) is 31.9. The average molecular weight is 407 g/mol. The summed E-state index contributed by atoms with van der Waals surface area (Å²) in [5.41, 5.74) is 0.161. The van der Waals surface area contributed by atoms with Crippen molar-refractivity contribution in [3.05, 3.63) is 22.9 Å². The number of sulfone groups is 1. The molecule has 0 spiro atoms. The smallest absolute Gasteiger partial charge is 0.264 e. The maximum atomic E-state index is 13.2. The summed E-state index contributed by atoms with van der Waals surface area (Å²) >= 11 is 0. The molecular weight excluding hydrogens is 382 g/mol. The Labute approximate surface area is 163 Å². The summed E-state index contributed by atoms with van der Waals surface area (Å²) in [7, 11) is -1.40. The molecule has 3 heterocycles. The summed E-state index contributed by atoms with van der Waals surface area (Å²) in [5, 5.41) is 4.41. The summed E-state index contributed by atoms with van der Waals surface area (Å²) in [5.74, 6) is -0.0671. The zero-order chi connectivity index (χ0) is 19.9. The van der Waals surface area contributed by atoms with Gasteiger partial charge in [0.1, 0.15) is 18.3 Å². The Balaban J connectivity index is 1.62. The van der Waals surface area contributed by atoms with Gasteiger partial charge in [-0.05, 0) is 19.3 Å². The molecule has 0 aromatic carbocycles. The number of hydrogen-bond acceptors (Lipinski definition) is 6. The van der Waals surface area contributed by atoms with Crippen LogP contribution in [0.3, 0.4) is 0 Å². The van der Waals surface area contributed by atoms with E-state index in [1.54, 1.807) is 11.9 Å². The van der Waals surface area contributed by atoms with Crippen LogP contribution < -0.4 is 5.56 Å². The molecule has 152 valence electrons. The molecule has 1 saturated carbocycles. The van der Waals surface area contributed by atoms with Gasteiger partial charge in [-0.25, -0.2) is 13.4 Å². The first-order chi connectivity index (χ1) is 13.4. The van der Waals surface area contributed by atoms with Gasteiger partial charge in [0, 0.05) is 19.1 Å². The minimum absolute atomic E-state index is 0.0179. The van der Waals surface area contributed by atoms with E-state index in [4.69, 9.17) is 0 Å². The van der Waals surface area contributed by atoms with Crippen LogP contribution in [0.1, 0.15) is 38.5 Å². The van der Waals surface area contributed by atoms with Gasteiger partial charge in [-0.3, -0.25) is 18.8 Å². The third-order valence-electron chi connectivity index (χ3n) is 5.88. The van der Waals surface area contributed by atoms with E-state index >= 15 is 0 Å². The van der Waals surface area contributed by atoms with Gasteiger partial charge in [0.25, 0.3) is 5.56 Å². The maximum absolute atomic E-state index is 13.2. The molecule has 0 bridgehead atoms. The molecule has 2 aromatic heterocycles. The second-order valence-corrected chi connectivity index (χ2v) is 10.1. The second kappa shape index (κ2) is 7.31. The predicted octanol–water partition coefficient (Wildman–Crippen LogP) is 0.478. The second-order valence-electron chi connectivity index (χ2n) is 7.83. The first-order valence-corrected chi connectivity index (χ1v) is 11.6. The monoisotopic (exact) mass is 407 g/mol. The fourth-order valence-corrected chi connectivity index (χ4v) is 6.18. The third-order valence-corrected chi connectivity index (χ3v) is 7.63. The van der Waals surface area contributed by atoms with E-state index in [0.717, 1.165) is 32.1 Å². The Kier molecular flexibility index (Phi) is 4.98. The maximum Gasteiger partial charge on any atom is 0.264 e. The molecule has 1 aliphatic carbocycles. The number of aryl methyl sites for hydroxylation is 1. The molecule has 9 nitrogen and oxygen atoms in total. The molecule has 4 rings (SSSR count). The van der Waals surface area contributed by atoms with Gasteiger partial charge in [-0.2, -0.15) is 5.10 Å². The van der Waals surface area contributed by atoms with Gasteiger partial charge in [-0.1, -0.05) is 19.3 Å². The highest BCUT2D eigenvalue weighted by atomic mass is 32.2. The van der Waals surface area contributed by atoms with Crippen molar-refractivity contribution in [2.75, 3.05) is 11.5 Å². The number of carbonyl (C=O) groups is 1. The van der Waals surface area contributed by atoms with Crippen molar-refractivity contribution in [3.63, 3.8) is 0 Å². The molecule has 1 saturated heterocycles. The van der Waals surface area contributed by atoms with Crippen LogP contribution in [0.15, 0.2) is 17.3 Å². The van der Waals surface area contributed by atoms with E-state index in [9.17, 15) is 18.0 Å². The van der Waals surface area contributed by atoms with Gasteiger partial charge in [0.05, 0.1) is 17.7 Å². The normalized spacial score (nSPS) is 22.5. The van der Waals surface area contributed by atoms with E-state index in [-0.39, 0.29) is 41.6 Å². The van der Waals surface area contributed by atoms with Crippen LogP contribution in [0.5, 0.6) is 0 Å². The van der Waals surface area contributed by atoms with Crippen LogP contribution >= 0.6 is 0 Å². The lowest BCUT2D eigenvalue weighted by atomic mass is 9.93. The zero-order valence-electron chi connectivity index (χ0n) is 16.0. The Bertz CT molecular complexity index is 1050. The van der Waals surface area contributed by atoms with Crippen LogP contribution in [-0.4, -0.2) is 62.1 Å². The van der Waals surface area contributed by atoms with Crippen molar-refractivity contribution < 1.29 is 13.2 Å². The Hall–Kier alpha value is -2.23. The quantitative estimate of drug-likeness (QED) is 0.730. The number of carbonyl (C=O) groups excluding carboxylic acids is 1. The Morgan fingerprint density at radius 3 is 2.64 bits per heavy atom. The lowest BCUT2D eigenvalue weighted by molar-refractivity contribution is -0.137. The molecule has 0 N–H and O–H groups in total. The summed E-state index contributed by atoms with van der Waals surface area (Å²) in [6.07, 6.45) is 8.28. The molecule has 1 atom stereocenters. The molecule has 1 unspecified atom stereocenters. The number of amides is 1. The van der Waals surface area contributed by atoms with E-state index in [2.05, 4.69) is 10.1 Å². The molecule has 28 heavy (non-hydrogen) atoms. The van der Waals surface area contributed by atoms with Crippen molar-refractivity contribution in [3.8, 4) is 0 Å². The predicted molar refractivity (Wildman–Crippen MR) is 104 cm³/mol. The van der Waals surface area contributed by atoms with E-state index in [1.165, 1.54) is 21.8 Å². The minimum Gasteiger partial charge on any atom is -0.334 e. The van der Waals surface area contributed by atoms with Gasteiger partial charge < -0.3 is 4.90 Å². The minimum atomic E-state index is -3.11. The van der Waals surface area contributed by atoms with Crippen molar-refractivity contribution in [2.24, 2.45) is 7.05 Å². The SMILES string of the molecule is Cn1ncc2c(=O)n(CC(=O)N(C3CCCCC3)C3CCS(=O)(=O)C3)cnc21. The van der Waals surface area contributed by atoms with Gasteiger partial charge >= 0.3 is 0 Å². The summed E-state index contributed by atoms with van der Waals surface area (Å²) in [6, 6.07) is -0.253. The highest BCUT2D eigenvalue weighted by Crippen LogP contribution is 2.28. The van der Waals surface area contributed by atoms with E-state index in [0.29, 0.717) is 17.5 Å². The Morgan fingerprint density at radius 1 is 1.21 bits per heavy atom. The number of fused-ring (bicyclic) bond motifs is 1. The van der Waals surface area contributed by atoms with Crippen LogP contribution in [0.4, 0.5) is 0 Å². The molecule has 2 aliphatic rings. The lowest BCUT2D eigenvalue weighted by Crippen LogP contribution is -2.50. The zero-order valence-corrected chi connectivity index (χ0v) is 16.8.